The van der Waals surface area contributed by atoms with Gasteiger partial charge in [-0.3, -0.25) is 9.47 Å². The summed E-state index contributed by atoms with van der Waals surface area (Å²) in [6.45, 7) is 4.04. The smallest absolute Gasteiger partial charge is 0.324 e. The second kappa shape index (κ2) is 9.73. The molecule has 1 atom stereocenters. The normalized spacial score (nSPS) is 14.4. The summed E-state index contributed by atoms with van der Waals surface area (Å²) in [6.07, 6.45) is 3.50. The van der Waals surface area contributed by atoms with Crippen molar-refractivity contribution in [2.45, 2.75) is 19.5 Å². The van der Waals surface area contributed by atoms with E-state index < -0.39 is 0 Å². The van der Waals surface area contributed by atoms with Crippen LogP contribution in [-0.2, 0) is 6.54 Å². The molecule has 37 heavy (non-hydrogen) atoms. The van der Waals surface area contributed by atoms with Crippen LogP contribution < -0.4 is 10.2 Å². The lowest BCUT2D eigenvalue weighted by atomic mass is 10.1. The average Bonchev–Trinajstić information content (AvgIpc) is 3.53. The van der Waals surface area contributed by atoms with Crippen molar-refractivity contribution in [1.29, 1.82) is 0 Å². The van der Waals surface area contributed by atoms with Crippen molar-refractivity contribution in [3.63, 3.8) is 0 Å². The Bertz CT molecular complexity index is 1530. The second-order valence-corrected chi connectivity index (χ2v) is 9.14. The summed E-state index contributed by atoms with van der Waals surface area (Å²) in [4.78, 5) is 30.5. The highest BCUT2D eigenvalue weighted by molar-refractivity contribution is 5.96. The number of carbonyl (C=O) groups is 1. The Hall–Kier alpha value is -4.72. The topological polar surface area (TPSA) is 79.2 Å². The van der Waals surface area contributed by atoms with Crippen molar-refractivity contribution >= 4 is 28.7 Å². The van der Waals surface area contributed by atoms with E-state index in [1.54, 1.807) is 12.5 Å². The predicted molar refractivity (Wildman–Crippen MR) is 145 cm³/mol. The van der Waals surface area contributed by atoms with E-state index in [1.165, 1.54) is 0 Å². The van der Waals surface area contributed by atoms with E-state index in [0.29, 0.717) is 25.6 Å². The highest BCUT2D eigenvalue weighted by atomic mass is 16.2. The fraction of sp³-hybridized carbons (Fsp3) is 0.172. The van der Waals surface area contributed by atoms with Gasteiger partial charge >= 0.3 is 6.03 Å². The van der Waals surface area contributed by atoms with E-state index in [0.717, 1.165) is 33.7 Å². The van der Waals surface area contributed by atoms with Gasteiger partial charge in [-0.25, -0.2) is 14.8 Å². The Balaban J connectivity index is 1.21. The van der Waals surface area contributed by atoms with Crippen molar-refractivity contribution in [3.05, 3.63) is 109 Å². The Kier molecular flexibility index (Phi) is 5.98. The third-order valence-corrected chi connectivity index (χ3v) is 6.69. The van der Waals surface area contributed by atoms with E-state index in [2.05, 4.69) is 34.3 Å². The molecule has 2 aromatic heterocycles. The first kappa shape index (κ1) is 22.7. The molecule has 8 heteroatoms. The molecule has 1 fully saturated rings. The number of nitrogens with zero attached hydrogens (tertiary/aromatic N) is 6. The molecule has 3 aromatic carbocycles. The number of rotatable bonds is 7. The van der Waals surface area contributed by atoms with Crippen LogP contribution in [0.25, 0.3) is 16.9 Å². The summed E-state index contributed by atoms with van der Waals surface area (Å²) < 4.78 is 1.94. The van der Waals surface area contributed by atoms with Gasteiger partial charge in [-0.1, -0.05) is 60.7 Å². The molecule has 8 nitrogen and oxygen atoms in total. The number of imidazole rings is 1. The van der Waals surface area contributed by atoms with Gasteiger partial charge in [0.1, 0.15) is 12.1 Å². The van der Waals surface area contributed by atoms with Crippen LogP contribution in [0.5, 0.6) is 0 Å². The molecule has 2 amide bonds. The fourth-order valence-electron chi connectivity index (χ4n) is 4.70. The molecule has 0 bridgehead atoms. The number of nitrogens with one attached hydrogen (secondary N) is 1. The minimum Gasteiger partial charge on any atom is -0.348 e. The van der Waals surface area contributed by atoms with Gasteiger partial charge in [-0.2, -0.15) is 4.98 Å². The van der Waals surface area contributed by atoms with Crippen molar-refractivity contribution in [2.24, 2.45) is 0 Å². The number of amides is 2. The van der Waals surface area contributed by atoms with Gasteiger partial charge in [0.25, 0.3) is 0 Å². The van der Waals surface area contributed by atoms with Gasteiger partial charge in [0.2, 0.25) is 5.95 Å². The summed E-state index contributed by atoms with van der Waals surface area (Å²) >= 11 is 0. The molecule has 6 rings (SSSR count). The Labute approximate surface area is 215 Å². The number of benzene rings is 3. The van der Waals surface area contributed by atoms with E-state index >= 15 is 0 Å². The molecule has 0 spiro atoms. The molecular formula is C29H27N7O. The number of carbonyl (C=O) groups excluding carboxylic acids is 1. The lowest BCUT2D eigenvalue weighted by Crippen LogP contribution is -2.31. The first-order chi connectivity index (χ1) is 18.2. The highest BCUT2D eigenvalue weighted by Crippen LogP contribution is 2.27. The maximum Gasteiger partial charge on any atom is 0.324 e. The minimum atomic E-state index is 0.0155. The van der Waals surface area contributed by atoms with Gasteiger partial charge in [0, 0.05) is 31.5 Å². The molecule has 1 aliphatic heterocycles. The first-order valence-corrected chi connectivity index (χ1v) is 12.4. The van der Waals surface area contributed by atoms with Gasteiger partial charge in [0.05, 0.1) is 17.1 Å². The van der Waals surface area contributed by atoms with Gasteiger partial charge < -0.3 is 10.2 Å². The van der Waals surface area contributed by atoms with Crippen LogP contribution in [0.2, 0.25) is 0 Å². The molecule has 3 heterocycles. The van der Waals surface area contributed by atoms with E-state index in [1.807, 2.05) is 87.2 Å². The monoisotopic (exact) mass is 489 g/mol. The van der Waals surface area contributed by atoms with Gasteiger partial charge in [-0.15, -0.1) is 0 Å². The molecule has 1 aliphatic rings. The lowest BCUT2D eigenvalue weighted by molar-refractivity contribution is 0.219. The van der Waals surface area contributed by atoms with Crippen LogP contribution in [0.4, 0.5) is 16.4 Å². The highest BCUT2D eigenvalue weighted by Gasteiger charge is 2.29. The van der Waals surface area contributed by atoms with Crippen LogP contribution in [0.15, 0.2) is 97.5 Å². The number of aromatic nitrogens is 4. The summed E-state index contributed by atoms with van der Waals surface area (Å²) in [5.74, 6) is 1.27. The van der Waals surface area contributed by atoms with Crippen LogP contribution in [-0.4, -0.2) is 43.5 Å². The quantitative estimate of drug-likeness (QED) is 0.330. The molecule has 1 N–H and O–H groups in total. The number of urea groups is 1. The summed E-state index contributed by atoms with van der Waals surface area (Å²) in [5.41, 5.74) is 4.86. The molecule has 5 aromatic rings. The van der Waals surface area contributed by atoms with Crippen LogP contribution in [0, 0.1) is 0 Å². The number of hydrogen-bond acceptors (Lipinski definition) is 5. The molecule has 0 saturated carbocycles. The van der Waals surface area contributed by atoms with Gasteiger partial charge in [0.15, 0.2) is 0 Å². The SMILES string of the molecule is C[C@H](Nc1nccc(-n2cnc3cc(N4CCN(Cc5ccccc5)C4=O)ccc32)n1)c1ccccc1. The van der Waals surface area contributed by atoms with Crippen LogP contribution in [0.3, 0.4) is 0 Å². The Morgan fingerprint density at radius 1 is 0.919 bits per heavy atom. The molecule has 1 saturated heterocycles. The lowest BCUT2D eigenvalue weighted by Gasteiger charge is -2.19. The third-order valence-electron chi connectivity index (χ3n) is 6.69. The third kappa shape index (κ3) is 4.61. The van der Waals surface area contributed by atoms with E-state index in [-0.39, 0.29) is 12.1 Å². The summed E-state index contributed by atoms with van der Waals surface area (Å²) in [6, 6.07) is 28.2. The van der Waals surface area contributed by atoms with Crippen molar-refractivity contribution in [3.8, 4) is 5.82 Å². The zero-order valence-corrected chi connectivity index (χ0v) is 20.5. The van der Waals surface area contributed by atoms with E-state index in [4.69, 9.17) is 4.98 Å². The number of fused-ring (bicyclic) bond motifs is 1. The maximum atomic E-state index is 13.1. The Morgan fingerprint density at radius 2 is 1.70 bits per heavy atom. The summed E-state index contributed by atoms with van der Waals surface area (Å²) in [7, 11) is 0. The molecule has 0 aliphatic carbocycles. The van der Waals surface area contributed by atoms with Crippen molar-refractivity contribution in [2.75, 3.05) is 23.3 Å². The van der Waals surface area contributed by atoms with Crippen molar-refractivity contribution < 1.29 is 4.79 Å². The number of hydrogen-bond donors (Lipinski definition) is 1. The second-order valence-electron chi connectivity index (χ2n) is 9.14. The van der Waals surface area contributed by atoms with Crippen molar-refractivity contribution in [1.82, 2.24) is 24.4 Å². The molecule has 0 unspecified atom stereocenters. The molecular weight excluding hydrogens is 462 g/mol. The largest absolute Gasteiger partial charge is 0.348 e. The molecule has 0 radical (unpaired) electrons. The van der Waals surface area contributed by atoms with Gasteiger partial charge in [-0.05, 0) is 42.3 Å². The fourth-order valence-corrected chi connectivity index (χ4v) is 4.70. The minimum absolute atomic E-state index is 0.0155. The zero-order valence-electron chi connectivity index (χ0n) is 20.5. The molecule has 184 valence electrons. The van der Waals surface area contributed by atoms with Crippen LogP contribution >= 0.6 is 0 Å². The van der Waals surface area contributed by atoms with Crippen LogP contribution in [0.1, 0.15) is 24.1 Å². The standard InChI is InChI=1S/C29H27N7O/c1-21(23-10-6-3-7-11-23)32-28-30-15-14-27(33-28)36-20-31-25-18-24(12-13-26(25)36)35-17-16-34(29(35)37)19-22-8-4-2-5-9-22/h2-15,18,20-21H,16-17,19H2,1H3,(H,30,32,33)/t21-/m0/s1. The van der Waals surface area contributed by atoms with E-state index in [9.17, 15) is 4.79 Å². The zero-order chi connectivity index (χ0) is 25.2. The Morgan fingerprint density at radius 3 is 2.51 bits per heavy atom. The summed E-state index contributed by atoms with van der Waals surface area (Å²) in [5, 5.41) is 3.38. The average molecular weight is 490 g/mol. The first-order valence-electron chi connectivity index (χ1n) is 12.4. The number of anilines is 2. The predicted octanol–water partition coefficient (Wildman–Crippen LogP) is 5.43. The maximum absolute atomic E-state index is 13.1.